The van der Waals surface area contributed by atoms with Gasteiger partial charge in [0.2, 0.25) is 55.5 Å². The molecule has 8 rings (SSSR count). The zero-order chi connectivity index (χ0) is 70.9. The van der Waals surface area contributed by atoms with Gasteiger partial charge in [0.15, 0.2) is 0 Å². The zero-order valence-electron chi connectivity index (χ0n) is 58.4. The molecule has 96 heavy (non-hydrogen) atoms. The Kier molecular flexibility index (Phi) is 22.2. The van der Waals surface area contributed by atoms with Crippen molar-refractivity contribution in [2.45, 2.75) is 205 Å². The normalized spacial score (nSPS) is 20.4. The van der Waals surface area contributed by atoms with Crippen LogP contribution in [0.15, 0.2) is 94.7 Å². The molecule has 4 N–H and O–H groups in total. The van der Waals surface area contributed by atoms with Gasteiger partial charge in [0.05, 0.1) is 21.9 Å². The Labute approximate surface area is 566 Å². The molecule has 4 aliphatic rings. The number of fused-ring (bicyclic) bond motifs is 3. The number of piperazine rings is 2. The van der Waals surface area contributed by atoms with E-state index in [0.717, 1.165) is 66.3 Å². The Balaban J connectivity index is 1.05. The number of hydrogen-bond acceptors (Lipinski definition) is 14. The van der Waals surface area contributed by atoms with Crippen LogP contribution in [0.3, 0.4) is 0 Å². The predicted octanol–water partition coefficient (Wildman–Crippen LogP) is 7.20. The summed E-state index contributed by atoms with van der Waals surface area (Å²) in [6.07, 6.45) is 2.86. The highest BCUT2D eigenvalue weighted by Gasteiger charge is 2.48. The van der Waals surface area contributed by atoms with E-state index in [1.54, 1.807) is 83.1 Å². The van der Waals surface area contributed by atoms with Crippen molar-refractivity contribution in [2.24, 2.45) is 10.8 Å². The van der Waals surface area contributed by atoms with E-state index in [2.05, 4.69) is 21.3 Å². The van der Waals surface area contributed by atoms with E-state index < -0.39 is 151 Å². The molecule has 2 aliphatic carbocycles. The van der Waals surface area contributed by atoms with Gasteiger partial charge in [-0.1, -0.05) is 102 Å². The van der Waals surface area contributed by atoms with Crippen molar-refractivity contribution < 1.29 is 64.7 Å². The summed E-state index contributed by atoms with van der Waals surface area (Å²) in [5, 5.41) is 12.7. The number of sulfonamides is 2. The number of ether oxygens (including phenoxy) is 2. The quantitative estimate of drug-likeness (QED) is 0.0863. The number of rotatable bonds is 16. The Morgan fingerprint density at radius 1 is 0.500 bits per heavy atom. The molecule has 0 spiro atoms. The largest absolute Gasteiger partial charge is 0.444 e. The molecule has 26 heteroatoms. The SMILES string of the molecule is C[C@@H](C(=O)N[C@H](C(=O)N1CCN(S(=O)(=O)c2ccc3cc(S(=O)(=O)N4CCN(C(=O)[C@@H](NC(=O)[C@H](C)N(C)C(=O)OC(C)(C)C)C(C)(C)C)[C@H](C(=O)N[C@@H]5CCCc6ccccc65)C4)ccc3c2)C[C@H]1C(=O)N[C@@H]1CCCc2ccccc21)C(C)(C)C)N(C)C(=O)OC(C)(C)C. The minimum absolute atomic E-state index is 0.168. The molecule has 0 aromatic heterocycles. The summed E-state index contributed by atoms with van der Waals surface area (Å²) < 4.78 is 73.2. The number of carbonyl (C=O) groups excluding carboxylic acids is 8. The van der Waals surface area contributed by atoms with Gasteiger partial charge in [0.1, 0.15) is 47.5 Å². The fourth-order valence-corrected chi connectivity index (χ4v) is 15.5. The van der Waals surface area contributed by atoms with E-state index in [-0.39, 0.29) is 36.0 Å². The molecule has 2 saturated heterocycles. The predicted molar refractivity (Wildman–Crippen MR) is 363 cm³/mol. The van der Waals surface area contributed by atoms with Crippen LogP contribution in [0.2, 0.25) is 0 Å². The number of aryl methyl sites for hydroxylation is 2. The smallest absolute Gasteiger partial charge is 0.410 e. The van der Waals surface area contributed by atoms with Crippen molar-refractivity contribution in [3.8, 4) is 0 Å². The second-order valence-electron chi connectivity index (χ2n) is 29.9. The first kappa shape index (κ1) is 74.1. The van der Waals surface area contributed by atoms with Crippen molar-refractivity contribution in [3.63, 3.8) is 0 Å². The molecule has 4 aromatic rings. The average molecular weight is 1370 g/mol. The van der Waals surface area contributed by atoms with E-state index in [0.29, 0.717) is 23.6 Å². The molecule has 2 aliphatic heterocycles. The van der Waals surface area contributed by atoms with Crippen LogP contribution < -0.4 is 21.3 Å². The summed E-state index contributed by atoms with van der Waals surface area (Å²) in [5.41, 5.74) is 0.360. The van der Waals surface area contributed by atoms with Gasteiger partial charge < -0.3 is 40.5 Å². The molecule has 2 heterocycles. The highest BCUT2D eigenvalue weighted by Crippen LogP contribution is 2.35. The van der Waals surface area contributed by atoms with Crippen LogP contribution in [0.25, 0.3) is 10.8 Å². The van der Waals surface area contributed by atoms with Crippen molar-refractivity contribution in [1.29, 1.82) is 0 Å². The molecule has 4 aromatic carbocycles. The van der Waals surface area contributed by atoms with Crippen molar-refractivity contribution in [3.05, 3.63) is 107 Å². The minimum Gasteiger partial charge on any atom is -0.444 e. The van der Waals surface area contributed by atoms with Crippen molar-refractivity contribution >= 4 is 78.4 Å². The molecule has 0 unspecified atom stereocenters. The second-order valence-corrected chi connectivity index (χ2v) is 33.8. The highest BCUT2D eigenvalue weighted by molar-refractivity contribution is 7.89. The third-order valence-corrected chi connectivity index (χ3v) is 22.1. The minimum atomic E-state index is -4.45. The lowest BCUT2D eigenvalue weighted by molar-refractivity contribution is -0.148. The second kappa shape index (κ2) is 28.8. The maximum Gasteiger partial charge on any atom is 0.410 e. The molecule has 2 fully saturated rings. The number of carbonyl (C=O) groups is 8. The van der Waals surface area contributed by atoms with E-state index in [4.69, 9.17) is 9.47 Å². The molecule has 0 radical (unpaired) electrons. The van der Waals surface area contributed by atoms with Crippen LogP contribution in [0, 0.1) is 10.8 Å². The van der Waals surface area contributed by atoms with Crippen LogP contribution in [0.4, 0.5) is 9.59 Å². The molecule has 0 saturated carbocycles. The molecule has 0 bridgehead atoms. The maximum absolute atomic E-state index is 15.1. The topological polar surface area (TPSA) is 291 Å². The first-order valence-corrected chi connectivity index (χ1v) is 35.9. The lowest BCUT2D eigenvalue weighted by atomic mass is 9.85. The fraction of sp³-hybridized carbons (Fsp3) is 0.571. The summed E-state index contributed by atoms with van der Waals surface area (Å²) in [6, 6.07) is 15.6. The van der Waals surface area contributed by atoms with Crippen LogP contribution in [-0.4, -0.2) is 193 Å². The van der Waals surface area contributed by atoms with Gasteiger partial charge in [-0.25, -0.2) is 26.4 Å². The van der Waals surface area contributed by atoms with Gasteiger partial charge in [-0.15, -0.1) is 0 Å². The Morgan fingerprint density at radius 3 is 1.18 bits per heavy atom. The van der Waals surface area contributed by atoms with Gasteiger partial charge in [0.25, 0.3) is 0 Å². The summed E-state index contributed by atoms with van der Waals surface area (Å²) in [4.78, 5) is 119. The van der Waals surface area contributed by atoms with Gasteiger partial charge >= 0.3 is 12.2 Å². The molecule has 8 amide bonds. The molecule has 24 nitrogen and oxygen atoms in total. The van der Waals surface area contributed by atoms with Crippen molar-refractivity contribution in [1.82, 2.24) is 49.5 Å². The number of likely N-dealkylation sites (N-methyl/N-ethyl adjacent to an activating group) is 2. The van der Waals surface area contributed by atoms with E-state index in [9.17, 15) is 45.6 Å². The summed E-state index contributed by atoms with van der Waals surface area (Å²) >= 11 is 0. The number of amides is 8. The van der Waals surface area contributed by atoms with E-state index in [1.165, 1.54) is 74.1 Å². The van der Waals surface area contributed by atoms with Crippen LogP contribution in [0.5, 0.6) is 0 Å². The van der Waals surface area contributed by atoms with E-state index >= 15 is 9.59 Å². The average Bonchev–Trinajstić information content (AvgIpc) is 0.768. The third-order valence-electron chi connectivity index (χ3n) is 18.4. The van der Waals surface area contributed by atoms with Crippen LogP contribution in [0.1, 0.15) is 157 Å². The molecule has 524 valence electrons. The third kappa shape index (κ3) is 17.0. The summed E-state index contributed by atoms with van der Waals surface area (Å²) in [5.74, 6) is -3.78. The lowest BCUT2D eigenvalue weighted by Crippen LogP contribution is -2.66. The van der Waals surface area contributed by atoms with Gasteiger partial charge in [-0.3, -0.25) is 38.6 Å². The van der Waals surface area contributed by atoms with Crippen LogP contribution >= 0.6 is 0 Å². The molecular formula is C70H98N10O14S2. The number of nitrogens with zero attached hydrogens (tertiary/aromatic N) is 6. The monoisotopic (exact) mass is 1370 g/mol. The maximum atomic E-state index is 15.1. The Morgan fingerprint density at radius 2 is 0.844 bits per heavy atom. The number of nitrogens with one attached hydrogen (secondary N) is 4. The molecule has 8 atom stereocenters. The standard InChI is InChI=1S/C70H98N10O14S2/c1-43(75(15)65(87)93-69(9,10)11)59(81)73-57(67(3,4)5)63(85)79-37-35-77(41-55(79)61(83)71-53-29-21-25-45-23-17-19-27-51(45)53)95(89,90)49-33-31-48-40-50(34-32-47(48)39-49)96(91,92)78-36-38-80(56(42-78)62(84)72-54-30-22-26-46-24-18-20-28-52(46)54)64(86)58(68(6,7)8)74-60(82)44(2)76(16)66(88)94-70(12,13)14/h17-20,23-24,27-28,31-34,39-40,43-44,53-58H,21-22,25-26,29-30,35-38,41-42H2,1-16H3,(H,71,83)(H,72,84)(H,73,81)(H,74,82)/t43-,44-,53+,54+,55-,56-,57+,58+/m0/s1. The first-order valence-electron chi connectivity index (χ1n) is 33.0. The van der Waals surface area contributed by atoms with Crippen molar-refractivity contribution in [2.75, 3.05) is 53.4 Å². The fourth-order valence-electron chi connectivity index (χ4n) is 12.6. The Bertz CT molecular complexity index is 3610. The number of benzene rings is 4. The van der Waals surface area contributed by atoms with E-state index in [1.807, 2.05) is 48.5 Å². The highest BCUT2D eigenvalue weighted by atomic mass is 32.2. The summed E-state index contributed by atoms with van der Waals surface area (Å²) in [7, 11) is -6.09. The lowest BCUT2D eigenvalue weighted by Gasteiger charge is -2.44. The number of hydrogen-bond donors (Lipinski definition) is 4. The van der Waals surface area contributed by atoms with Gasteiger partial charge in [-0.2, -0.15) is 8.61 Å². The van der Waals surface area contributed by atoms with Gasteiger partial charge in [0, 0.05) is 53.4 Å². The van der Waals surface area contributed by atoms with Crippen LogP contribution in [-0.2, 0) is 71.1 Å². The van der Waals surface area contributed by atoms with Gasteiger partial charge in [-0.05, 0) is 162 Å². The first-order chi connectivity index (χ1) is 44.6. The molecular weight excluding hydrogens is 1270 g/mol. The Hall–Kier alpha value is -7.68. The summed E-state index contributed by atoms with van der Waals surface area (Å²) in [6.45, 7) is 21.8. The zero-order valence-corrected chi connectivity index (χ0v) is 60.0.